The highest BCUT2D eigenvalue weighted by Crippen LogP contribution is 2.04. The SMILES string of the molecule is CCc1ncc(C(=O)N2CCNCC2)[nH]1. The van der Waals surface area contributed by atoms with Gasteiger partial charge in [0.1, 0.15) is 11.5 Å². The molecule has 82 valence electrons. The predicted octanol–water partition coefficient (Wildman–Crippen LogP) is 0.0175. The van der Waals surface area contributed by atoms with E-state index >= 15 is 0 Å². The summed E-state index contributed by atoms with van der Waals surface area (Å²) < 4.78 is 0. The van der Waals surface area contributed by atoms with Gasteiger partial charge >= 0.3 is 0 Å². The summed E-state index contributed by atoms with van der Waals surface area (Å²) in [5, 5.41) is 3.22. The number of aromatic amines is 1. The number of nitrogens with zero attached hydrogens (tertiary/aromatic N) is 2. The summed E-state index contributed by atoms with van der Waals surface area (Å²) in [4.78, 5) is 21.0. The molecule has 0 bridgehead atoms. The van der Waals surface area contributed by atoms with Crippen LogP contribution in [0.2, 0.25) is 0 Å². The van der Waals surface area contributed by atoms with Gasteiger partial charge in [0.2, 0.25) is 0 Å². The van der Waals surface area contributed by atoms with Crippen LogP contribution in [0.4, 0.5) is 0 Å². The van der Waals surface area contributed by atoms with Crippen LogP contribution >= 0.6 is 0 Å². The first-order valence-corrected chi connectivity index (χ1v) is 5.35. The zero-order valence-electron chi connectivity index (χ0n) is 8.92. The Bertz CT molecular complexity index is 341. The Morgan fingerprint density at radius 3 is 2.87 bits per heavy atom. The number of aryl methyl sites for hydroxylation is 1. The molecule has 1 aromatic rings. The van der Waals surface area contributed by atoms with Gasteiger partial charge in [0.25, 0.3) is 5.91 Å². The molecular formula is C10H16N4O. The van der Waals surface area contributed by atoms with Crippen molar-refractivity contribution in [3.05, 3.63) is 17.7 Å². The van der Waals surface area contributed by atoms with Gasteiger partial charge in [-0.15, -0.1) is 0 Å². The number of rotatable bonds is 2. The van der Waals surface area contributed by atoms with E-state index in [1.807, 2.05) is 11.8 Å². The van der Waals surface area contributed by atoms with Crippen LogP contribution in [-0.2, 0) is 6.42 Å². The van der Waals surface area contributed by atoms with E-state index in [0.29, 0.717) is 5.69 Å². The maximum absolute atomic E-state index is 12.0. The van der Waals surface area contributed by atoms with Crippen molar-refractivity contribution >= 4 is 5.91 Å². The minimum absolute atomic E-state index is 0.0590. The molecule has 0 atom stereocenters. The summed E-state index contributed by atoms with van der Waals surface area (Å²) in [6.07, 6.45) is 2.46. The Morgan fingerprint density at radius 1 is 1.53 bits per heavy atom. The third-order valence-electron chi connectivity index (χ3n) is 2.60. The molecule has 0 aliphatic carbocycles. The number of carbonyl (C=O) groups excluding carboxylic acids is 1. The second-order valence-corrected chi connectivity index (χ2v) is 3.64. The molecule has 1 aromatic heterocycles. The molecule has 0 spiro atoms. The molecule has 2 N–H and O–H groups in total. The van der Waals surface area contributed by atoms with E-state index in [9.17, 15) is 4.79 Å². The summed E-state index contributed by atoms with van der Waals surface area (Å²) in [6.45, 7) is 5.32. The van der Waals surface area contributed by atoms with Gasteiger partial charge < -0.3 is 15.2 Å². The molecule has 2 heterocycles. The van der Waals surface area contributed by atoms with Gasteiger partial charge in [0.15, 0.2) is 0 Å². The van der Waals surface area contributed by atoms with Crippen molar-refractivity contribution in [1.82, 2.24) is 20.2 Å². The lowest BCUT2D eigenvalue weighted by molar-refractivity contribution is 0.0730. The number of nitrogens with one attached hydrogen (secondary N) is 2. The summed E-state index contributed by atoms with van der Waals surface area (Å²) in [5.41, 5.74) is 0.605. The maximum Gasteiger partial charge on any atom is 0.272 e. The monoisotopic (exact) mass is 208 g/mol. The quantitative estimate of drug-likeness (QED) is 0.720. The van der Waals surface area contributed by atoms with E-state index in [4.69, 9.17) is 0 Å². The first-order chi connectivity index (χ1) is 7.31. The zero-order valence-corrected chi connectivity index (χ0v) is 8.92. The Labute approximate surface area is 88.9 Å². The zero-order chi connectivity index (χ0) is 10.7. The average Bonchev–Trinajstić information content (AvgIpc) is 2.78. The maximum atomic E-state index is 12.0. The third-order valence-corrected chi connectivity index (χ3v) is 2.60. The van der Waals surface area contributed by atoms with Gasteiger partial charge in [-0.2, -0.15) is 0 Å². The molecule has 5 heteroatoms. The predicted molar refractivity (Wildman–Crippen MR) is 56.7 cm³/mol. The van der Waals surface area contributed by atoms with Gasteiger partial charge in [-0.05, 0) is 0 Å². The molecule has 0 saturated carbocycles. The molecule has 1 amide bonds. The number of amides is 1. The van der Waals surface area contributed by atoms with Crippen molar-refractivity contribution in [2.45, 2.75) is 13.3 Å². The van der Waals surface area contributed by atoms with Crippen molar-refractivity contribution in [3.63, 3.8) is 0 Å². The lowest BCUT2D eigenvalue weighted by Crippen LogP contribution is -2.46. The smallest absolute Gasteiger partial charge is 0.272 e. The van der Waals surface area contributed by atoms with E-state index in [-0.39, 0.29) is 5.91 Å². The topological polar surface area (TPSA) is 61.0 Å². The molecule has 5 nitrogen and oxygen atoms in total. The molecule has 0 radical (unpaired) electrons. The van der Waals surface area contributed by atoms with Crippen LogP contribution in [-0.4, -0.2) is 47.0 Å². The van der Waals surface area contributed by atoms with E-state index < -0.39 is 0 Å². The van der Waals surface area contributed by atoms with Gasteiger partial charge in [-0.3, -0.25) is 4.79 Å². The standard InChI is InChI=1S/C10H16N4O/c1-2-9-12-7-8(13-9)10(15)14-5-3-11-4-6-14/h7,11H,2-6H2,1H3,(H,12,13). The summed E-state index contributed by atoms with van der Waals surface area (Å²) in [7, 11) is 0. The fourth-order valence-corrected chi connectivity index (χ4v) is 1.69. The van der Waals surface area contributed by atoms with Crippen LogP contribution in [0.5, 0.6) is 0 Å². The molecule has 1 aliphatic heterocycles. The lowest BCUT2D eigenvalue weighted by Gasteiger charge is -2.26. The number of piperazine rings is 1. The van der Waals surface area contributed by atoms with Crippen LogP contribution < -0.4 is 5.32 Å². The lowest BCUT2D eigenvalue weighted by atomic mass is 10.3. The molecular weight excluding hydrogens is 192 g/mol. The molecule has 0 aromatic carbocycles. The first kappa shape index (κ1) is 10.2. The Balaban J connectivity index is 2.05. The number of hydrogen-bond donors (Lipinski definition) is 2. The second kappa shape index (κ2) is 4.44. The second-order valence-electron chi connectivity index (χ2n) is 3.64. The van der Waals surface area contributed by atoms with Crippen LogP contribution in [0.15, 0.2) is 6.20 Å². The normalized spacial score (nSPS) is 16.7. The first-order valence-electron chi connectivity index (χ1n) is 5.35. The number of carbonyl (C=O) groups is 1. The molecule has 2 rings (SSSR count). The highest BCUT2D eigenvalue weighted by Gasteiger charge is 2.19. The minimum Gasteiger partial charge on any atom is -0.338 e. The molecule has 15 heavy (non-hydrogen) atoms. The molecule has 1 fully saturated rings. The highest BCUT2D eigenvalue weighted by atomic mass is 16.2. The third kappa shape index (κ3) is 2.18. The fraction of sp³-hybridized carbons (Fsp3) is 0.600. The van der Waals surface area contributed by atoms with Crippen molar-refractivity contribution < 1.29 is 4.79 Å². The van der Waals surface area contributed by atoms with Gasteiger partial charge in [-0.25, -0.2) is 4.98 Å². The van der Waals surface area contributed by atoms with Gasteiger partial charge in [0, 0.05) is 32.6 Å². The van der Waals surface area contributed by atoms with Gasteiger partial charge in [0.05, 0.1) is 6.20 Å². The van der Waals surface area contributed by atoms with Crippen LogP contribution in [0.1, 0.15) is 23.2 Å². The van der Waals surface area contributed by atoms with E-state index in [1.54, 1.807) is 6.20 Å². The summed E-state index contributed by atoms with van der Waals surface area (Å²) in [6, 6.07) is 0. The number of hydrogen-bond acceptors (Lipinski definition) is 3. The van der Waals surface area contributed by atoms with E-state index in [1.165, 1.54) is 0 Å². The van der Waals surface area contributed by atoms with Crippen molar-refractivity contribution in [3.8, 4) is 0 Å². The summed E-state index contributed by atoms with van der Waals surface area (Å²) >= 11 is 0. The van der Waals surface area contributed by atoms with E-state index in [0.717, 1.165) is 38.4 Å². The number of imidazole rings is 1. The van der Waals surface area contributed by atoms with Crippen LogP contribution in [0, 0.1) is 0 Å². The number of H-pyrrole nitrogens is 1. The van der Waals surface area contributed by atoms with E-state index in [2.05, 4.69) is 15.3 Å². The molecule has 1 aliphatic rings. The minimum atomic E-state index is 0.0590. The Hall–Kier alpha value is -1.36. The van der Waals surface area contributed by atoms with Crippen molar-refractivity contribution in [1.29, 1.82) is 0 Å². The molecule has 0 unspecified atom stereocenters. The van der Waals surface area contributed by atoms with Crippen molar-refractivity contribution in [2.24, 2.45) is 0 Å². The van der Waals surface area contributed by atoms with Gasteiger partial charge in [-0.1, -0.05) is 6.92 Å². The highest BCUT2D eigenvalue weighted by molar-refractivity contribution is 5.92. The van der Waals surface area contributed by atoms with Crippen molar-refractivity contribution in [2.75, 3.05) is 26.2 Å². The van der Waals surface area contributed by atoms with Crippen LogP contribution in [0.3, 0.4) is 0 Å². The number of aromatic nitrogens is 2. The largest absolute Gasteiger partial charge is 0.338 e. The van der Waals surface area contributed by atoms with Crippen LogP contribution in [0.25, 0.3) is 0 Å². The fourth-order valence-electron chi connectivity index (χ4n) is 1.69. The Morgan fingerprint density at radius 2 is 2.27 bits per heavy atom. The Kier molecular flexibility index (Phi) is 3.01. The average molecular weight is 208 g/mol. The molecule has 1 saturated heterocycles. The summed E-state index contributed by atoms with van der Waals surface area (Å²) in [5.74, 6) is 0.928.